The van der Waals surface area contributed by atoms with E-state index in [-0.39, 0.29) is 12.2 Å². The topological polar surface area (TPSA) is 70.4 Å². The van der Waals surface area contributed by atoms with E-state index in [9.17, 15) is 4.79 Å². The average Bonchev–Trinajstić information content (AvgIpc) is 2.19. The highest BCUT2D eigenvalue weighted by Gasteiger charge is 2.02. The first-order valence-electron chi connectivity index (χ1n) is 4.11. The number of carboxylic acids is 1. The predicted octanol–water partition coefficient (Wildman–Crippen LogP) is 1.01. The van der Waals surface area contributed by atoms with Gasteiger partial charge in [-0.15, -0.1) is 0 Å². The third-order valence-corrected chi connectivity index (χ3v) is 2.53. The summed E-state index contributed by atoms with van der Waals surface area (Å²) in [5.41, 5.74) is 1.02. The number of aromatic carboxylic acids is 1. The van der Waals surface area contributed by atoms with Gasteiger partial charge >= 0.3 is 5.97 Å². The van der Waals surface area contributed by atoms with E-state index in [1.54, 1.807) is 17.8 Å². The quantitative estimate of drug-likeness (QED) is 0.714. The Morgan fingerprint density at radius 1 is 1.50 bits per heavy atom. The Labute approximate surface area is 86.0 Å². The molecule has 0 spiro atoms. The molecule has 0 bridgehead atoms. The van der Waals surface area contributed by atoms with Crippen LogP contribution in [0.25, 0.3) is 0 Å². The van der Waals surface area contributed by atoms with Crippen LogP contribution in [0.4, 0.5) is 0 Å². The Hall–Kier alpha value is -1.07. The largest absolute Gasteiger partial charge is 0.478 e. The second kappa shape index (κ2) is 5.62. The predicted molar refractivity (Wildman–Crippen MR) is 54.4 cm³/mol. The standard InChI is InChI=1S/C9H11NO3S/c11-3-4-14-6-8-2-1-7(5-10-8)9(12)13/h1-2,5,11H,3-4,6H2,(H,12,13). The van der Waals surface area contributed by atoms with E-state index in [1.165, 1.54) is 12.3 Å². The number of hydrogen-bond donors (Lipinski definition) is 2. The monoisotopic (exact) mass is 213 g/mol. The molecule has 0 radical (unpaired) electrons. The van der Waals surface area contributed by atoms with Crippen molar-refractivity contribution in [1.82, 2.24) is 4.98 Å². The van der Waals surface area contributed by atoms with Crippen molar-refractivity contribution in [3.63, 3.8) is 0 Å². The van der Waals surface area contributed by atoms with E-state index in [2.05, 4.69) is 4.98 Å². The molecule has 14 heavy (non-hydrogen) atoms. The number of carbonyl (C=O) groups is 1. The molecule has 0 saturated heterocycles. The SMILES string of the molecule is O=C(O)c1ccc(CSCCO)nc1. The molecule has 0 amide bonds. The van der Waals surface area contributed by atoms with Crippen LogP contribution in [-0.2, 0) is 5.75 Å². The van der Waals surface area contributed by atoms with Gasteiger partial charge in [0.15, 0.2) is 0 Å². The summed E-state index contributed by atoms with van der Waals surface area (Å²) in [6, 6.07) is 3.22. The number of thioether (sulfide) groups is 1. The number of aromatic nitrogens is 1. The molecule has 1 aromatic rings. The summed E-state index contributed by atoms with van der Waals surface area (Å²) < 4.78 is 0. The number of hydrogen-bond acceptors (Lipinski definition) is 4. The lowest BCUT2D eigenvalue weighted by Crippen LogP contribution is -1.98. The first-order valence-corrected chi connectivity index (χ1v) is 5.26. The van der Waals surface area contributed by atoms with E-state index in [4.69, 9.17) is 10.2 Å². The molecule has 0 aliphatic heterocycles. The van der Waals surface area contributed by atoms with Gasteiger partial charge in [0.05, 0.1) is 17.9 Å². The smallest absolute Gasteiger partial charge is 0.337 e. The lowest BCUT2D eigenvalue weighted by molar-refractivity contribution is 0.0696. The number of aliphatic hydroxyl groups is 1. The van der Waals surface area contributed by atoms with E-state index in [0.29, 0.717) is 11.5 Å². The molecule has 2 N–H and O–H groups in total. The maximum atomic E-state index is 10.5. The van der Waals surface area contributed by atoms with Crippen molar-refractivity contribution >= 4 is 17.7 Å². The summed E-state index contributed by atoms with van der Waals surface area (Å²) in [5.74, 6) is 0.398. The van der Waals surface area contributed by atoms with Crippen LogP contribution in [0.5, 0.6) is 0 Å². The summed E-state index contributed by atoms with van der Waals surface area (Å²) in [7, 11) is 0. The number of pyridine rings is 1. The first-order chi connectivity index (χ1) is 6.74. The third-order valence-electron chi connectivity index (χ3n) is 1.56. The minimum Gasteiger partial charge on any atom is -0.478 e. The number of rotatable bonds is 5. The molecule has 0 aromatic carbocycles. The van der Waals surface area contributed by atoms with Crippen molar-refractivity contribution in [2.24, 2.45) is 0 Å². The summed E-state index contributed by atoms with van der Waals surface area (Å²) in [6.45, 7) is 0.151. The van der Waals surface area contributed by atoms with Gasteiger partial charge in [-0.05, 0) is 12.1 Å². The molecule has 1 rings (SSSR count). The lowest BCUT2D eigenvalue weighted by Gasteiger charge is -1.99. The van der Waals surface area contributed by atoms with Gasteiger partial charge < -0.3 is 10.2 Å². The third kappa shape index (κ3) is 3.35. The Balaban J connectivity index is 2.51. The van der Waals surface area contributed by atoms with Crippen LogP contribution in [0, 0.1) is 0 Å². The van der Waals surface area contributed by atoms with Crippen LogP contribution in [0.2, 0.25) is 0 Å². The molecule has 0 saturated carbocycles. The highest BCUT2D eigenvalue weighted by Crippen LogP contribution is 2.09. The van der Waals surface area contributed by atoms with Crippen molar-refractivity contribution in [2.45, 2.75) is 5.75 Å². The summed E-state index contributed by atoms with van der Waals surface area (Å²) >= 11 is 1.56. The molecule has 0 fully saturated rings. The highest BCUT2D eigenvalue weighted by atomic mass is 32.2. The Morgan fingerprint density at radius 2 is 2.29 bits per heavy atom. The molecule has 1 heterocycles. The zero-order chi connectivity index (χ0) is 10.4. The molecule has 4 nitrogen and oxygen atoms in total. The second-order valence-electron chi connectivity index (χ2n) is 2.62. The fourth-order valence-electron chi connectivity index (χ4n) is 0.878. The maximum Gasteiger partial charge on any atom is 0.337 e. The van der Waals surface area contributed by atoms with Crippen LogP contribution in [0.3, 0.4) is 0 Å². The normalized spacial score (nSPS) is 10.1. The lowest BCUT2D eigenvalue weighted by atomic mass is 10.2. The summed E-state index contributed by atoms with van der Waals surface area (Å²) in [4.78, 5) is 14.5. The van der Waals surface area contributed by atoms with Crippen LogP contribution in [-0.4, -0.2) is 33.5 Å². The highest BCUT2D eigenvalue weighted by molar-refractivity contribution is 7.98. The molecule has 5 heteroatoms. The number of nitrogens with zero attached hydrogens (tertiary/aromatic N) is 1. The van der Waals surface area contributed by atoms with Crippen LogP contribution < -0.4 is 0 Å². The number of carboxylic acid groups (broad SMARTS) is 1. The maximum absolute atomic E-state index is 10.5. The minimum absolute atomic E-state index is 0.151. The molecule has 0 unspecified atom stereocenters. The summed E-state index contributed by atoms with van der Waals surface area (Å²) in [6.07, 6.45) is 1.34. The van der Waals surface area contributed by atoms with E-state index >= 15 is 0 Å². The zero-order valence-corrected chi connectivity index (χ0v) is 8.33. The van der Waals surface area contributed by atoms with Gasteiger partial charge in [-0.3, -0.25) is 4.98 Å². The Morgan fingerprint density at radius 3 is 2.79 bits per heavy atom. The fourth-order valence-corrected chi connectivity index (χ4v) is 1.53. The van der Waals surface area contributed by atoms with Gasteiger partial charge in [-0.25, -0.2) is 4.79 Å². The molecule has 0 aliphatic rings. The van der Waals surface area contributed by atoms with Gasteiger partial charge in [0.1, 0.15) is 0 Å². The van der Waals surface area contributed by atoms with Crippen LogP contribution in [0.1, 0.15) is 16.1 Å². The van der Waals surface area contributed by atoms with Crippen molar-refractivity contribution in [2.75, 3.05) is 12.4 Å². The van der Waals surface area contributed by atoms with Gasteiger partial charge in [0, 0.05) is 17.7 Å². The fraction of sp³-hybridized carbons (Fsp3) is 0.333. The van der Waals surface area contributed by atoms with E-state index < -0.39 is 5.97 Å². The van der Waals surface area contributed by atoms with Gasteiger partial charge in [0.25, 0.3) is 0 Å². The second-order valence-corrected chi connectivity index (χ2v) is 3.72. The van der Waals surface area contributed by atoms with Gasteiger partial charge in [0.2, 0.25) is 0 Å². The van der Waals surface area contributed by atoms with E-state index in [0.717, 1.165) is 5.69 Å². The number of aliphatic hydroxyl groups excluding tert-OH is 1. The molecular formula is C9H11NO3S. The molecule has 76 valence electrons. The zero-order valence-electron chi connectivity index (χ0n) is 7.51. The Bertz CT molecular complexity index is 299. The van der Waals surface area contributed by atoms with Crippen molar-refractivity contribution in [3.05, 3.63) is 29.6 Å². The summed E-state index contributed by atoms with van der Waals surface area (Å²) in [5, 5.41) is 17.2. The first kappa shape index (κ1) is 11.0. The van der Waals surface area contributed by atoms with Gasteiger partial charge in [-0.2, -0.15) is 11.8 Å². The average molecular weight is 213 g/mol. The van der Waals surface area contributed by atoms with E-state index in [1.807, 2.05) is 0 Å². The van der Waals surface area contributed by atoms with Crippen LogP contribution in [0.15, 0.2) is 18.3 Å². The van der Waals surface area contributed by atoms with Crippen molar-refractivity contribution in [3.8, 4) is 0 Å². The molecule has 1 aromatic heterocycles. The molecule has 0 aliphatic carbocycles. The van der Waals surface area contributed by atoms with Crippen molar-refractivity contribution < 1.29 is 15.0 Å². The molecular weight excluding hydrogens is 202 g/mol. The van der Waals surface area contributed by atoms with Gasteiger partial charge in [-0.1, -0.05) is 0 Å². The van der Waals surface area contributed by atoms with Crippen molar-refractivity contribution in [1.29, 1.82) is 0 Å². The van der Waals surface area contributed by atoms with Crippen LogP contribution >= 0.6 is 11.8 Å². The Kier molecular flexibility index (Phi) is 4.42. The minimum atomic E-state index is -0.966. The molecule has 0 atom stereocenters.